The largest absolute Gasteiger partial charge is 0.383 e. The Kier molecular flexibility index (Phi) is 8.99. The van der Waals surface area contributed by atoms with Gasteiger partial charge in [-0.15, -0.1) is 0 Å². The Hall–Kier alpha value is -2.01. The molecule has 0 unspecified atom stereocenters. The molecule has 2 rings (SSSR count). The summed E-state index contributed by atoms with van der Waals surface area (Å²) in [5, 5.41) is 3.23. The Balaban J connectivity index is 2.15. The summed E-state index contributed by atoms with van der Waals surface area (Å²) in [6.45, 7) is 5.96. The summed E-state index contributed by atoms with van der Waals surface area (Å²) in [7, 11) is -4.21. The van der Waals surface area contributed by atoms with E-state index in [0.29, 0.717) is 25.3 Å². The molecule has 1 atom stereocenters. The van der Waals surface area contributed by atoms with Gasteiger partial charge in [0.25, 0.3) is 10.0 Å². The number of aromatic nitrogens is 2. The normalized spacial score (nSPS) is 13.1. The highest BCUT2D eigenvalue weighted by molar-refractivity contribution is 7.92. The first-order chi connectivity index (χ1) is 14.6. The molecule has 1 aromatic carbocycles. The van der Waals surface area contributed by atoms with Crippen molar-refractivity contribution in [1.82, 2.24) is 9.97 Å². The fourth-order valence-electron chi connectivity index (χ4n) is 3.45. The third-order valence-electron chi connectivity index (χ3n) is 4.95. The van der Waals surface area contributed by atoms with Crippen molar-refractivity contribution in [1.29, 1.82) is 0 Å². The second-order valence-corrected chi connectivity index (χ2v) is 10.3. The fourth-order valence-corrected chi connectivity index (χ4v) is 4.84. The molecule has 1 aromatic heterocycles. The number of benzene rings is 1. The maximum atomic E-state index is 14.7. The zero-order valence-electron chi connectivity index (χ0n) is 17.7. The van der Waals surface area contributed by atoms with Gasteiger partial charge in [-0.1, -0.05) is 25.4 Å². The number of nitrogens with one attached hydrogen (secondary N) is 2. The van der Waals surface area contributed by atoms with Crippen molar-refractivity contribution in [3.63, 3.8) is 0 Å². The van der Waals surface area contributed by atoms with Crippen LogP contribution in [0.25, 0.3) is 0 Å². The van der Waals surface area contributed by atoms with Gasteiger partial charge in [0, 0.05) is 12.7 Å². The van der Waals surface area contributed by atoms with Crippen LogP contribution < -0.4 is 21.5 Å². The van der Waals surface area contributed by atoms with Crippen molar-refractivity contribution in [3.05, 3.63) is 41.6 Å². The average molecular weight is 473 g/mol. The molecule has 2 aromatic rings. The summed E-state index contributed by atoms with van der Waals surface area (Å²) < 4.78 is 42.0. The van der Waals surface area contributed by atoms with E-state index in [1.165, 1.54) is 18.6 Å². The van der Waals surface area contributed by atoms with Crippen LogP contribution in [0.1, 0.15) is 33.1 Å². The minimum absolute atomic E-state index is 0.0254. The van der Waals surface area contributed by atoms with Crippen LogP contribution in [0.15, 0.2) is 35.6 Å². The average Bonchev–Trinajstić information content (AvgIpc) is 2.68. The predicted octanol–water partition coefficient (Wildman–Crippen LogP) is 3.21. The van der Waals surface area contributed by atoms with E-state index in [2.05, 4.69) is 33.9 Å². The standard InChI is InChI=1S/C20H30ClFN6O2S/c1-20(2,5-7-24)11-14(3-6-23)12-26-17-10-16(22)18(9-15(17)21)31(29,30)28-19-4-8-25-13-27-19/h4,8-10,13-14,26H,3,5-7,11-12,23-24H2,1-2H3,(H,25,27,28)/t14-/m1/s1. The number of hydrogen-bond acceptors (Lipinski definition) is 7. The van der Waals surface area contributed by atoms with Gasteiger partial charge in [0.1, 0.15) is 22.9 Å². The summed E-state index contributed by atoms with van der Waals surface area (Å²) >= 11 is 6.27. The molecular weight excluding hydrogens is 443 g/mol. The molecule has 0 spiro atoms. The van der Waals surface area contributed by atoms with E-state index < -0.39 is 20.7 Å². The Morgan fingerprint density at radius 3 is 2.61 bits per heavy atom. The molecule has 172 valence electrons. The van der Waals surface area contributed by atoms with Crippen LogP contribution in [0.5, 0.6) is 0 Å². The number of anilines is 2. The van der Waals surface area contributed by atoms with Crippen molar-refractivity contribution in [2.45, 2.75) is 38.0 Å². The van der Waals surface area contributed by atoms with Gasteiger partial charge in [0.2, 0.25) is 0 Å². The van der Waals surface area contributed by atoms with Gasteiger partial charge in [-0.2, -0.15) is 0 Å². The van der Waals surface area contributed by atoms with Gasteiger partial charge in [0.15, 0.2) is 0 Å². The van der Waals surface area contributed by atoms with Crippen molar-refractivity contribution in [3.8, 4) is 0 Å². The summed E-state index contributed by atoms with van der Waals surface area (Å²) in [6, 6.07) is 3.52. The minimum atomic E-state index is -4.21. The SMILES string of the molecule is CC(C)(CCN)C[C@@H](CCN)CNc1cc(F)c(S(=O)(=O)Nc2ccncn2)cc1Cl. The lowest BCUT2D eigenvalue weighted by Gasteiger charge is -2.30. The van der Waals surface area contributed by atoms with E-state index in [9.17, 15) is 12.8 Å². The fraction of sp³-hybridized carbons (Fsp3) is 0.500. The number of nitrogens with two attached hydrogens (primary N) is 2. The Morgan fingerprint density at radius 1 is 1.26 bits per heavy atom. The number of hydrogen-bond donors (Lipinski definition) is 4. The Morgan fingerprint density at radius 2 is 2.00 bits per heavy atom. The molecule has 0 amide bonds. The van der Waals surface area contributed by atoms with Crippen LogP contribution in [0.2, 0.25) is 5.02 Å². The first kappa shape index (κ1) is 25.3. The number of nitrogens with zero attached hydrogens (tertiary/aromatic N) is 2. The molecule has 0 fully saturated rings. The van der Waals surface area contributed by atoms with Crippen molar-refractivity contribution in [2.75, 3.05) is 29.7 Å². The third kappa shape index (κ3) is 7.57. The van der Waals surface area contributed by atoms with Crippen molar-refractivity contribution < 1.29 is 12.8 Å². The van der Waals surface area contributed by atoms with Gasteiger partial charge in [0.05, 0.1) is 10.7 Å². The third-order valence-corrected chi connectivity index (χ3v) is 6.63. The van der Waals surface area contributed by atoms with E-state index in [1.807, 2.05) is 0 Å². The Labute approximate surface area is 188 Å². The summed E-state index contributed by atoms with van der Waals surface area (Å²) in [5.41, 5.74) is 11.8. The number of rotatable bonds is 12. The molecule has 8 nitrogen and oxygen atoms in total. The van der Waals surface area contributed by atoms with E-state index in [-0.39, 0.29) is 22.2 Å². The maximum Gasteiger partial charge on any atom is 0.266 e. The Bertz CT molecular complexity index is 960. The van der Waals surface area contributed by atoms with Crippen molar-refractivity contribution in [2.24, 2.45) is 22.8 Å². The molecule has 1 heterocycles. The van der Waals surface area contributed by atoms with E-state index in [4.69, 9.17) is 23.1 Å². The molecule has 0 bridgehead atoms. The van der Waals surface area contributed by atoms with E-state index in [0.717, 1.165) is 31.4 Å². The summed E-state index contributed by atoms with van der Waals surface area (Å²) in [5.74, 6) is -0.668. The zero-order valence-corrected chi connectivity index (χ0v) is 19.3. The summed E-state index contributed by atoms with van der Waals surface area (Å²) in [6.07, 6.45) is 5.12. The molecule has 0 saturated carbocycles. The van der Waals surface area contributed by atoms with Crippen molar-refractivity contribution >= 4 is 33.1 Å². The van der Waals surface area contributed by atoms with Crippen LogP contribution in [0, 0.1) is 17.2 Å². The number of sulfonamides is 1. The quantitative estimate of drug-likeness (QED) is 0.372. The lowest BCUT2D eigenvalue weighted by molar-refractivity contribution is 0.250. The van der Waals surface area contributed by atoms with Gasteiger partial charge in [-0.3, -0.25) is 4.72 Å². The molecular formula is C20H30ClFN6O2S. The molecule has 11 heteroatoms. The maximum absolute atomic E-state index is 14.7. The molecule has 0 saturated heterocycles. The van der Waals surface area contributed by atoms with Crippen LogP contribution in [-0.2, 0) is 10.0 Å². The highest BCUT2D eigenvalue weighted by atomic mass is 35.5. The number of halogens is 2. The van der Waals surface area contributed by atoms with E-state index >= 15 is 0 Å². The predicted molar refractivity (Wildman–Crippen MR) is 122 cm³/mol. The zero-order chi connectivity index (χ0) is 23.1. The minimum Gasteiger partial charge on any atom is -0.383 e. The smallest absolute Gasteiger partial charge is 0.266 e. The van der Waals surface area contributed by atoms with E-state index in [1.54, 1.807) is 0 Å². The highest BCUT2D eigenvalue weighted by Crippen LogP contribution is 2.32. The monoisotopic (exact) mass is 472 g/mol. The molecule has 31 heavy (non-hydrogen) atoms. The first-order valence-electron chi connectivity index (χ1n) is 10.00. The molecule has 0 aliphatic rings. The molecule has 0 aliphatic carbocycles. The van der Waals surface area contributed by atoms with Crippen LogP contribution in [-0.4, -0.2) is 38.0 Å². The molecule has 6 N–H and O–H groups in total. The first-order valence-corrected chi connectivity index (χ1v) is 11.9. The van der Waals surface area contributed by atoms with Gasteiger partial charge >= 0.3 is 0 Å². The topological polar surface area (TPSA) is 136 Å². The van der Waals surface area contributed by atoms with Gasteiger partial charge in [-0.25, -0.2) is 22.8 Å². The van der Waals surface area contributed by atoms with Crippen LogP contribution >= 0.6 is 11.6 Å². The van der Waals surface area contributed by atoms with Crippen LogP contribution in [0.4, 0.5) is 15.9 Å². The van der Waals surface area contributed by atoms with Crippen LogP contribution in [0.3, 0.4) is 0 Å². The van der Waals surface area contributed by atoms with Gasteiger partial charge < -0.3 is 16.8 Å². The van der Waals surface area contributed by atoms with Gasteiger partial charge in [-0.05, 0) is 61.9 Å². The summed E-state index contributed by atoms with van der Waals surface area (Å²) in [4.78, 5) is 6.92. The lowest BCUT2D eigenvalue weighted by Crippen LogP contribution is -2.26. The second-order valence-electron chi connectivity index (χ2n) is 8.19. The lowest BCUT2D eigenvalue weighted by atomic mass is 9.79. The highest BCUT2D eigenvalue weighted by Gasteiger charge is 2.24. The molecule has 0 aliphatic heterocycles. The second kappa shape index (κ2) is 11.0. The molecule has 0 radical (unpaired) electrons.